The van der Waals surface area contributed by atoms with Gasteiger partial charge in [-0.3, -0.25) is 4.79 Å². The topological polar surface area (TPSA) is 58.1 Å². The Kier molecular flexibility index (Phi) is 4.91. The Balaban J connectivity index is 1.58. The molecular formula is C17H19BrN4O. The summed E-state index contributed by atoms with van der Waals surface area (Å²) in [5, 5.41) is 3.01. The second-order valence-electron chi connectivity index (χ2n) is 5.73. The number of hydrogen-bond donors (Lipinski definition) is 1. The molecule has 2 aromatic rings. The van der Waals surface area contributed by atoms with Crippen LogP contribution in [0.3, 0.4) is 0 Å². The van der Waals surface area contributed by atoms with Crippen molar-refractivity contribution in [1.82, 2.24) is 9.97 Å². The van der Waals surface area contributed by atoms with Crippen molar-refractivity contribution >= 4 is 33.5 Å². The Bertz CT molecular complexity index is 698. The summed E-state index contributed by atoms with van der Waals surface area (Å²) in [6.45, 7) is 3.57. The van der Waals surface area contributed by atoms with E-state index in [1.807, 2.05) is 37.3 Å². The van der Waals surface area contributed by atoms with E-state index in [0.717, 1.165) is 47.7 Å². The summed E-state index contributed by atoms with van der Waals surface area (Å²) in [6.07, 6.45) is 3.41. The summed E-state index contributed by atoms with van der Waals surface area (Å²) < 4.78 is 0.902. The maximum absolute atomic E-state index is 12.4. The van der Waals surface area contributed by atoms with E-state index in [-0.39, 0.29) is 11.8 Å². The molecule has 0 bridgehead atoms. The molecule has 0 spiro atoms. The van der Waals surface area contributed by atoms with Gasteiger partial charge in [0.05, 0.1) is 5.69 Å². The van der Waals surface area contributed by atoms with Gasteiger partial charge in [0.2, 0.25) is 11.9 Å². The summed E-state index contributed by atoms with van der Waals surface area (Å²) in [5.41, 5.74) is 1.78. The van der Waals surface area contributed by atoms with Crippen molar-refractivity contribution in [2.24, 2.45) is 5.92 Å². The molecule has 1 saturated heterocycles. The van der Waals surface area contributed by atoms with Gasteiger partial charge in [-0.2, -0.15) is 0 Å². The van der Waals surface area contributed by atoms with Crippen LogP contribution in [0.5, 0.6) is 0 Å². The van der Waals surface area contributed by atoms with Gasteiger partial charge >= 0.3 is 0 Å². The molecule has 0 atom stereocenters. The lowest BCUT2D eigenvalue weighted by Gasteiger charge is -2.31. The first-order valence-corrected chi connectivity index (χ1v) is 8.53. The first-order chi connectivity index (χ1) is 11.1. The smallest absolute Gasteiger partial charge is 0.227 e. The predicted molar refractivity (Wildman–Crippen MR) is 94.5 cm³/mol. The number of nitrogens with zero attached hydrogens (tertiary/aromatic N) is 3. The minimum Gasteiger partial charge on any atom is -0.341 e. The van der Waals surface area contributed by atoms with Crippen LogP contribution in [-0.2, 0) is 4.79 Å². The zero-order valence-corrected chi connectivity index (χ0v) is 14.6. The van der Waals surface area contributed by atoms with Crippen molar-refractivity contribution in [3.05, 3.63) is 46.7 Å². The standard InChI is InChI=1S/C17H19BrN4O/c1-12-6-9-19-17(20-12)22-10-7-13(8-11-22)16(23)21-15-5-3-2-4-14(15)18/h2-6,9,13H,7-8,10-11H2,1H3,(H,21,23). The highest BCUT2D eigenvalue weighted by Crippen LogP contribution is 2.25. The van der Waals surface area contributed by atoms with Crippen molar-refractivity contribution in [3.63, 3.8) is 0 Å². The molecule has 0 saturated carbocycles. The number of para-hydroxylation sites is 1. The fraction of sp³-hybridized carbons (Fsp3) is 0.353. The first-order valence-electron chi connectivity index (χ1n) is 7.73. The van der Waals surface area contributed by atoms with E-state index in [1.54, 1.807) is 6.20 Å². The van der Waals surface area contributed by atoms with Gasteiger partial charge in [-0.15, -0.1) is 0 Å². The average Bonchev–Trinajstić information content (AvgIpc) is 2.57. The van der Waals surface area contributed by atoms with Gasteiger partial charge in [0.15, 0.2) is 0 Å². The maximum Gasteiger partial charge on any atom is 0.227 e. The molecule has 23 heavy (non-hydrogen) atoms. The van der Waals surface area contributed by atoms with E-state index >= 15 is 0 Å². The highest BCUT2D eigenvalue weighted by atomic mass is 79.9. The molecule has 1 aliphatic rings. The van der Waals surface area contributed by atoms with E-state index in [2.05, 4.69) is 36.1 Å². The molecular weight excluding hydrogens is 356 g/mol. The second kappa shape index (κ2) is 7.08. The quantitative estimate of drug-likeness (QED) is 0.894. The Morgan fingerprint density at radius 2 is 2.00 bits per heavy atom. The van der Waals surface area contributed by atoms with Crippen molar-refractivity contribution in [1.29, 1.82) is 0 Å². The van der Waals surface area contributed by atoms with Crippen LogP contribution in [0.4, 0.5) is 11.6 Å². The third-order valence-electron chi connectivity index (χ3n) is 4.06. The Labute approximate surface area is 144 Å². The van der Waals surface area contributed by atoms with E-state index in [1.165, 1.54) is 0 Å². The molecule has 6 heteroatoms. The van der Waals surface area contributed by atoms with Crippen LogP contribution < -0.4 is 10.2 Å². The van der Waals surface area contributed by atoms with Crippen LogP contribution >= 0.6 is 15.9 Å². The average molecular weight is 375 g/mol. The molecule has 3 rings (SSSR count). The highest BCUT2D eigenvalue weighted by Gasteiger charge is 2.26. The number of anilines is 2. The Hall–Kier alpha value is -1.95. The van der Waals surface area contributed by atoms with E-state index in [9.17, 15) is 4.79 Å². The molecule has 2 heterocycles. The van der Waals surface area contributed by atoms with Gasteiger partial charge in [-0.25, -0.2) is 9.97 Å². The van der Waals surface area contributed by atoms with Gasteiger partial charge in [0, 0.05) is 35.4 Å². The number of hydrogen-bond acceptors (Lipinski definition) is 4. The molecule has 1 aliphatic heterocycles. The third-order valence-corrected chi connectivity index (χ3v) is 4.75. The normalized spacial score (nSPS) is 15.5. The van der Waals surface area contributed by atoms with Crippen molar-refractivity contribution in [3.8, 4) is 0 Å². The van der Waals surface area contributed by atoms with Gasteiger partial charge in [-0.1, -0.05) is 12.1 Å². The monoisotopic (exact) mass is 374 g/mol. The molecule has 0 unspecified atom stereocenters. The fourth-order valence-electron chi connectivity index (χ4n) is 2.73. The lowest BCUT2D eigenvalue weighted by molar-refractivity contribution is -0.120. The number of carbonyl (C=O) groups is 1. The Morgan fingerprint density at radius 3 is 2.70 bits per heavy atom. The number of aromatic nitrogens is 2. The molecule has 1 fully saturated rings. The molecule has 1 N–H and O–H groups in total. The molecule has 0 aliphatic carbocycles. The van der Waals surface area contributed by atoms with Crippen molar-refractivity contribution in [2.75, 3.05) is 23.3 Å². The summed E-state index contributed by atoms with van der Waals surface area (Å²) in [5.74, 6) is 0.875. The van der Waals surface area contributed by atoms with E-state index < -0.39 is 0 Å². The Morgan fingerprint density at radius 1 is 1.26 bits per heavy atom. The number of piperidine rings is 1. The van der Waals surface area contributed by atoms with Crippen LogP contribution in [0.25, 0.3) is 0 Å². The summed E-state index contributed by atoms with van der Waals surface area (Å²) in [4.78, 5) is 23.4. The van der Waals surface area contributed by atoms with Gasteiger partial charge in [0.1, 0.15) is 0 Å². The molecule has 1 amide bonds. The minimum absolute atomic E-state index is 0.0307. The zero-order valence-electron chi connectivity index (χ0n) is 13.0. The van der Waals surface area contributed by atoms with Gasteiger partial charge in [0.25, 0.3) is 0 Å². The summed E-state index contributed by atoms with van der Waals surface area (Å²) >= 11 is 3.46. The summed E-state index contributed by atoms with van der Waals surface area (Å²) in [6, 6.07) is 9.56. The number of nitrogens with one attached hydrogen (secondary N) is 1. The molecule has 1 aromatic heterocycles. The predicted octanol–water partition coefficient (Wildman–Crippen LogP) is 3.40. The number of rotatable bonds is 3. The molecule has 5 nitrogen and oxygen atoms in total. The number of aryl methyl sites for hydroxylation is 1. The van der Waals surface area contributed by atoms with Crippen LogP contribution in [0.15, 0.2) is 41.0 Å². The second-order valence-corrected chi connectivity index (χ2v) is 6.58. The van der Waals surface area contributed by atoms with Crippen LogP contribution in [0, 0.1) is 12.8 Å². The minimum atomic E-state index is 0.0307. The largest absolute Gasteiger partial charge is 0.341 e. The lowest BCUT2D eigenvalue weighted by Crippen LogP contribution is -2.39. The van der Waals surface area contributed by atoms with Crippen LogP contribution in [-0.4, -0.2) is 29.0 Å². The number of carbonyl (C=O) groups excluding carboxylic acids is 1. The molecule has 1 aromatic carbocycles. The van der Waals surface area contributed by atoms with Crippen molar-refractivity contribution < 1.29 is 4.79 Å². The first kappa shape index (κ1) is 15.9. The van der Waals surface area contributed by atoms with Crippen LogP contribution in [0.2, 0.25) is 0 Å². The molecule has 0 radical (unpaired) electrons. The zero-order chi connectivity index (χ0) is 16.2. The maximum atomic E-state index is 12.4. The van der Waals surface area contributed by atoms with Gasteiger partial charge in [-0.05, 0) is 53.9 Å². The number of amides is 1. The molecule has 120 valence electrons. The highest BCUT2D eigenvalue weighted by molar-refractivity contribution is 9.10. The van der Waals surface area contributed by atoms with Crippen molar-refractivity contribution in [2.45, 2.75) is 19.8 Å². The third kappa shape index (κ3) is 3.88. The fourth-order valence-corrected chi connectivity index (χ4v) is 3.11. The number of benzene rings is 1. The van der Waals surface area contributed by atoms with E-state index in [4.69, 9.17) is 0 Å². The van der Waals surface area contributed by atoms with E-state index in [0.29, 0.717) is 0 Å². The summed E-state index contributed by atoms with van der Waals surface area (Å²) in [7, 11) is 0. The number of halogens is 1. The van der Waals surface area contributed by atoms with Gasteiger partial charge < -0.3 is 10.2 Å². The van der Waals surface area contributed by atoms with Crippen LogP contribution in [0.1, 0.15) is 18.5 Å². The SMILES string of the molecule is Cc1ccnc(N2CCC(C(=O)Nc3ccccc3Br)CC2)n1. The lowest BCUT2D eigenvalue weighted by atomic mass is 9.96.